The summed E-state index contributed by atoms with van der Waals surface area (Å²) in [7, 11) is -2.32. The Morgan fingerprint density at radius 3 is 2.86 bits per heavy atom. The Balaban J connectivity index is 2.18. The minimum Gasteiger partial charge on any atom is -0.480 e. The Kier molecular flexibility index (Phi) is 5.15. The van der Waals surface area contributed by atoms with Crippen LogP contribution in [-0.2, 0) is 26.0 Å². The zero-order valence-electron chi connectivity index (χ0n) is 12.4. The molecule has 22 heavy (non-hydrogen) atoms. The molecule has 0 amide bonds. The van der Waals surface area contributed by atoms with E-state index in [0.717, 1.165) is 4.31 Å². The Morgan fingerprint density at radius 2 is 2.27 bits per heavy atom. The summed E-state index contributed by atoms with van der Waals surface area (Å²) in [6.07, 6.45) is 2.63. The number of ether oxygens (including phenoxy) is 1. The Morgan fingerprint density at radius 1 is 1.50 bits per heavy atom. The lowest BCUT2D eigenvalue weighted by molar-refractivity contribution is -0.150. The molecule has 0 spiro atoms. The number of hydrogen-bond donors (Lipinski definition) is 1. The molecule has 0 saturated carbocycles. The van der Waals surface area contributed by atoms with E-state index in [1.54, 1.807) is 24.4 Å². The number of nitrogens with zero attached hydrogens (tertiary/aromatic N) is 2. The molecule has 8 heteroatoms. The minimum absolute atomic E-state index is 0.148. The highest BCUT2D eigenvalue weighted by molar-refractivity contribution is 7.89. The largest absolute Gasteiger partial charge is 0.480 e. The summed E-state index contributed by atoms with van der Waals surface area (Å²) in [5.74, 6) is -1.32. The summed E-state index contributed by atoms with van der Waals surface area (Å²) >= 11 is 0. The Labute approximate surface area is 130 Å². The van der Waals surface area contributed by atoms with Crippen LogP contribution in [0.4, 0.5) is 0 Å². The van der Waals surface area contributed by atoms with Crippen molar-refractivity contribution in [1.29, 1.82) is 0 Å². The molecule has 1 fully saturated rings. The van der Waals surface area contributed by atoms with Gasteiger partial charge in [0.05, 0.1) is 12.4 Å². The molecule has 0 aliphatic carbocycles. The molecule has 122 valence electrons. The maximum absolute atomic E-state index is 12.6. The lowest BCUT2D eigenvalue weighted by Crippen LogP contribution is -2.56. The van der Waals surface area contributed by atoms with Gasteiger partial charge in [-0.15, -0.1) is 0 Å². The molecule has 0 radical (unpaired) electrons. The third kappa shape index (κ3) is 3.29. The van der Waals surface area contributed by atoms with Crippen LogP contribution < -0.4 is 0 Å². The van der Waals surface area contributed by atoms with Crippen LogP contribution in [0, 0.1) is 0 Å². The van der Waals surface area contributed by atoms with Crippen molar-refractivity contribution < 1.29 is 23.1 Å². The third-order valence-electron chi connectivity index (χ3n) is 3.89. The molecule has 1 atom stereocenters. The molecule has 2 heterocycles. The molecule has 1 aliphatic heterocycles. The van der Waals surface area contributed by atoms with E-state index >= 15 is 0 Å². The Bertz CT molecular complexity index is 619. The lowest BCUT2D eigenvalue weighted by atomic mass is 9.99. The molecular weight excluding hydrogens is 308 g/mol. The summed E-state index contributed by atoms with van der Waals surface area (Å²) in [6, 6.07) is 5.29. The molecule has 0 bridgehead atoms. The maximum Gasteiger partial charge on any atom is 0.327 e. The van der Waals surface area contributed by atoms with E-state index in [1.165, 1.54) is 7.11 Å². The van der Waals surface area contributed by atoms with Gasteiger partial charge in [-0.3, -0.25) is 9.78 Å². The zero-order valence-corrected chi connectivity index (χ0v) is 13.3. The quantitative estimate of drug-likeness (QED) is 0.784. The minimum atomic E-state index is -3.70. The number of aliphatic carboxylic acids is 1. The van der Waals surface area contributed by atoms with Gasteiger partial charge in [-0.05, 0) is 25.0 Å². The van der Waals surface area contributed by atoms with Crippen LogP contribution in [0.25, 0.3) is 0 Å². The fourth-order valence-electron chi connectivity index (χ4n) is 2.81. The molecule has 1 saturated heterocycles. The van der Waals surface area contributed by atoms with Crippen LogP contribution in [0.15, 0.2) is 24.4 Å². The van der Waals surface area contributed by atoms with Gasteiger partial charge in [0.25, 0.3) is 0 Å². The molecule has 1 N–H and O–H groups in total. The standard InChI is InChI=1S/C14H20N2O5S/c1-21-11-14(13(17)18)7-4-9-16(14)22(19,20)10-6-12-5-2-3-8-15-12/h2-3,5,8H,4,6-7,9-11H2,1H3,(H,17,18). The van der Waals surface area contributed by atoms with Crippen molar-refractivity contribution in [2.45, 2.75) is 24.8 Å². The SMILES string of the molecule is COCC1(C(=O)O)CCCN1S(=O)(=O)CCc1ccccn1. The van der Waals surface area contributed by atoms with Crippen LogP contribution in [0.1, 0.15) is 18.5 Å². The number of carbonyl (C=O) groups is 1. The molecule has 2 rings (SSSR count). The second-order valence-electron chi connectivity index (χ2n) is 5.33. The molecule has 1 unspecified atom stereocenters. The van der Waals surface area contributed by atoms with Gasteiger partial charge in [0.1, 0.15) is 0 Å². The van der Waals surface area contributed by atoms with Gasteiger partial charge >= 0.3 is 5.97 Å². The van der Waals surface area contributed by atoms with Crippen LogP contribution >= 0.6 is 0 Å². The summed E-state index contributed by atoms with van der Waals surface area (Å²) in [5, 5.41) is 9.52. The summed E-state index contributed by atoms with van der Waals surface area (Å²) in [5.41, 5.74) is -0.824. The van der Waals surface area contributed by atoms with Gasteiger partial charge in [0.15, 0.2) is 5.54 Å². The van der Waals surface area contributed by atoms with Gasteiger partial charge in [-0.25, -0.2) is 8.42 Å². The number of methoxy groups -OCH3 is 1. The normalized spacial score (nSPS) is 22.8. The first-order valence-electron chi connectivity index (χ1n) is 7.05. The van der Waals surface area contributed by atoms with Crippen molar-refractivity contribution in [3.63, 3.8) is 0 Å². The third-order valence-corrected chi connectivity index (χ3v) is 5.81. The number of carboxylic acid groups (broad SMARTS) is 1. The van der Waals surface area contributed by atoms with Gasteiger partial charge in [0, 0.05) is 32.0 Å². The lowest BCUT2D eigenvalue weighted by Gasteiger charge is -2.33. The number of pyridine rings is 1. The van der Waals surface area contributed by atoms with Gasteiger partial charge < -0.3 is 9.84 Å². The highest BCUT2D eigenvalue weighted by Crippen LogP contribution is 2.33. The second-order valence-corrected chi connectivity index (χ2v) is 7.35. The van der Waals surface area contributed by atoms with E-state index in [9.17, 15) is 18.3 Å². The first-order valence-corrected chi connectivity index (χ1v) is 8.66. The average molecular weight is 328 g/mol. The van der Waals surface area contributed by atoms with Crippen molar-refractivity contribution in [2.24, 2.45) is 0 Å². The van der Waals surface area contributed by atoms with E-state index in [2.05, 4.69) is 4.98 Å². The van der Waals surface area contributed by atoms with Gasteiger partial charge in [0.2, 0.25) is 10.0 Å². The summed E-state index contributed by atoms with van der Waals surface area (Å²) < 4.78 is 31.2. The monoisotopic (exact) mass is 328 g/mol. The van der Waals surface area contributed by atoms with E-state index in [1.807, 2.05) is 0 Å². The first-order chi connectivity index (χ1) is 10.4. The van der Waals surface area contributed by atoms with Crippen molar-refractivity contribution in [3.8, 4) is 0 Å². The van der Waals surface area contributed by atoms with Crippen molar-refractivity contribution >= 4 is 16.0 Å². The van der Waals surface area contributed by atoms with E-state index in [0.29, 0.717) is 12.1 Å². The van der Waals surface area contributed by atoms with Crippen molar-refractivity contribution in [1.82, 2.24) is 9.29 Å². The Hall–Kier alpha value is -1.51. The predicted octanol–water partition coefficient (Wildman–Crippen LogP) is 0.520. The number of hydrogen-bond acceptors (Lipinski definition) is 5. The van der Waals surface area contributed by atoms with Crippen molar-refractivity contribution in [3.05, 3.63) is 30.1 Å². The fraction of sp³-hybridized carbons (Fsp3) is 0.571. The van der Waals surface area contributed by atoms with Crippen LogP contribution in [0.2, 0.25) is 0 Å². The van der Waals surface area contributed by atoms with Crippen molar-refractivity contribution in [2.75, 3.05) is 26.0 Å². The molecular formula is C14H20N2O5S. The summed E-state index contributed by atoms with van der Waals surface area (Å²) in [6.45, 7) is 0.0609. The molecule has 1 aliphatic rings. The van der Waals surface area contributed by atoms with E-state index in [4.69, 9.17) is 4.74 Å². The fourth-order valence-corrected chi connectivity index (χ4v) is 4.66. The number of aryl methyl sites for hydroxylation is 1. The van der Waals surface area contributed by atoms with Gasteiger partial charge in [-0.2, -0.15) is 4.31 Å². The smallest absolute Gasteiger partial charge is 0.327 e. The molecule has 1 aromatic heterocycles. The average Bonchev–Trinajstić information content (AvgIpc) is 2.93. The number of aromatic nitrogens is 1. The van der Waals surface area contributed by atoms with Crippen LogP contribution in [0.5, 0.6) is 0 Å². The second kappa shape index (κ2) is 6.72. The highest BCUT2D eigenvalue weighted by Gasteiger charge is 2.52. The first kappa shape index (κ1) is 16.9. The van der Waals surface area contributed by atoms with Crippen LogP contribution in [0.3, 0.4) is 0 Å². The summed E-state index contributed by atoms with van der Waals surface area (Å²) in [4.78, 5) is 15.7. The maximum atomic E-state index is 12.6. The van der Waals surface area contributed by atoms with E-state index < -0.39 is 21.5 Å². The van der Waals surface area contributed by atoms with E-state index in [-0.39, 0.29) is 31.7 Å². The number of sulfonamides is 1. The topological polar surface area (TPSA) is 96.8 Å². The predicted molar refractivity (Wildman–Crippen MR) is 79.9 cm³/mol. The number of carboxylic acids is 1. The zero-order chi connectivity index (χ0) is 16.2. The molecule has 0 aromatic carbocycles. The van der Waals surface area contributed by atoms with Crippen LogP contribution in [-0.4, -0.2) is 60.3 Å². The highest BCUT2D eigenvalue weighted by atomic mass is 32.2. The molecule has 7 nitrogen and oxygen atoms in total. The van der Waals surface area contributed by atoms with Gasteiger partial charge in [-0.1, -0.05) is 6.07 Å². The molecule has 1 aromatic rings. The number of rotatable bonds is 7.